The van der Waals surface area contributed by atoms with Crippen molar-refractivity contribution in [3.05, 3.63) is 72.3 Å². The largest absolute Gasteiger partial charge is 0.492 e. The standard InChI is InChI=1S/C21H18N2O5S/c24-20(14-23-21(25)18-7-3-4-8-19(18)29(23,26)27)22-11-12-28-17-10-9-15-5-1-2-6-16(15)13-17/h1-10,13H,11-12,14H2,(H,22,24). The highest BCUT2D eigenvalue weighted by Crippen LogP contribution is 2.29. The van der Waals surface area contributed by atoms with Crippen LogP contribution < -0.4 is 10.1 Å². The topological polar surface area (TPSA) is 92.8 Å². The van der Waals surface area contributed by atoms with Gasteiger partial charge in [0.1, 0.15) is 23.8 Å². The quantitative estimate of drug-likeness (QED) is 0.629. The van der Waals surface area contributed by atoms with Gasteiger partial charge in [-0.1, -0.05) is 42.5 Å². The van der Waals surface area contributed by atoms with Gasteiger partial charge in [-0.3, -0.25) is 9.59 Å². The average Bonchev–Trinajstić information content (AvgIpc) is 2.92. The Morgan fingerprint density at radius 3 is 2.48 bits per heavy atom. The molecular weight excluding hydrogens is 392 g/mol. The Labute approximate surface area is 167 Å². The second kappa shape index (κ2) is 7.56. The van der Waals surface area contributed by atoms with Crippen LogP contribution in [0.3, 0.4) is 0 Å². The zero-order chi connectivity index (χ0) is 20.4. The predicted molar refractivity (Wildman–Crippen MR) is 107 cm³/mol. The lowest BCUT2D eigenvalue weighted by atomic mass is 10.1. The van der Waals surface area contributed by atoms with E-state index in [0.717, 1.165) is 10.8 Å². The predicted octanol–water partition coefficient (Wildman–Crippen LogP) is 2.18. The van der Waals surface area contributed by atoms with E-state index in [9.17, 15) is 18.0 Å². The van der Waals surface area contributed by atoms with Crippen molar-refractivity contribution in [1.29, 1.82) is 0 Å². The monoisotopic (exact) mass is 410 g/mol. The summed E-state index contributed by atoms with van der Waals surface area (Å²) in [5.41, 5.74) is 0.0833. The van der Waals surface area contributed by atoms with Crippen molar-refractivity contribution in [2.75, 3.05) is 19.7 Å². The molecule has 0 fully saturated rings. The molecule has 148 valence electrons. The molecule has 29 heavy (non-hydrogen) atoms. The Morgan fingerprint density at radius 2 is 1.69 bits per heavy atom. The number of fused-ring (bicyclic) bond motifs is 2. The van der Waals surface area contributed by atoms with Crippen LogP contribution in [0.4, 0.5) is 0 Å². The van der Waals surface area contributed by atoms with Crippen LogP contribution in [0.15, 0.2) is 71.6 Å². The number of amides is 2. The average molecular weight is 410 g/mol. The van der Waals surface area contributed by atoms with Crippen molar-refractivity contribution >= 4 is 32.6 Å². The molecule has 0 bridgehead atoms. The molecule has 0 aromatic heterocycles. The summed E-state index contributed by atoms with van der Waals surface area (Å²) >= 11 is 0. The molecule has 0 spiro atoms. The fraction of sp³-hybridized carbons (Fsp3) is 0.143. The minimum atomic E-state index is -3.99. The van der Waals surface area contributed by atoms with Gasteiger partial charge >= 0.3 is 0 Å². The van der Waals surface area contributed by atoms with E-state index in [2.05, 4.69) is 5.32 Å². The number of carbonyl (C=O) groups excluding carboxylic acids is 2. The summed E-state index contributed by atoms with van der Waals surface area (Å²) in [5.74, 6) is -0.592. The van der Waals surface area contributed by atoms with Crippen LogP contribution in [0.1, 0.15) is 10.4 Å². The lowest BCUT2D eigenvalue weighted by Gasteiger charge is -2.15. The summed E-state index contributed by atoms with van der Waals surface area (Å²) < 4.78 is 31.1. The van der Waals surface area contributed by atoms with Crippen LogP contribution in [-0.4, -0.2) is 44.2 Å². The molecule has 0 saturated carbocycles. The van der Waals surface area contributed by atoms with Crippen molar-refractivity contribution in [2.24, 2.45) is 0 Å². The molecule has 3 aromatic carbocycles. The zero-order valence-corrected chi connectivity index (χ0v) is 16.2. The van der Waals surface area contributed by atoms with Crippen LogP contribution in [0.5, 0.6) is 5.75 Å². The van der Waals surface area contributed by atoms with Crippen molar-refractivity contribution in [3.63, 3.8) is 0 Å². The van der Waals surface area contributed by atoms with Crippen LogP contribution in [0.2, 0.25) is 0 Å². The summed E-state index contributed by atoms with van der Waals surface area (Å²) in [6.07, 6.45) is 0. The van der Waals surface area contributed by atoms with Gasteiger partial charge in [-0.15, -0.1) is 0 Å². The number of ether oxygens (including phenoxy) is 1. The Hall–Kier alpha value is -3.39. The first-order chi connectivity index (χ1) is 14.0. The van der Waals surface area contributed by atoms with Gasteiger partial charge in [0, 0.05) is 0 Å². The Kier molecular flexibility index (Phi) is 4.94. The third-order valence-corrected chi connectivity index (χ3v) is 6.40. The van der Waals surface area contributed by atoms with Crippen molar-refractivity contribution in [1.82, 2.24) is 9.62 Å². The number of carbonyl (C=O) groups is 2. The van der Waals surface area contributed by atoms with Gasteiger partial charge in [-0.2, -0.15) is 0 Å². The number of nitrogens with one attached hydrogen (secondary N) is 1. The number of benzene rings is 3. The van der Waals surface area contributed by atoms with Crippen LogP contribution in [0, 0.1) is 0 Å². The number of rotatable bonds is 6. The van der Waals surface area contributed by atoms with E-state index in [-0.39, 0.29) is 23.6 Å². The van der Waals surface area contributed by atoms with Gasteiger partial charge in [0.2, 0.25) is 5.91 Å². The maximum Gasteiger partial charge on any atom is 0.269 e. The van der Waals surface area contributed by atoms with E-state index in [1.54, 1.807) is 6.07 Å². The first-order valence-electron chi connectivity index (χ1n) is 9.01. The van der Waals surface area contributed by atoms with Crippen LogP contribution in [-0.2, 0) is 14.8 Å². The van der Waals surface area contributed by atoms with Gasteiger partial charge in [0.15, 0.2) is 0 Å². The first kappa shape index (κ1) is 18.9. The van der Waals surface area contributed by atoms with Crippen LogP contribution >= 0.6 is 0 Å². The number of hydrogen-bond donors (Lipinski definition) is 1. The fourth-order valence-electron chi connectivity index (χ4n) is 3.19. The van der Waals surface area contributed by atoms with E-state index in [4.69, 9.17) is 4.74 Å². The van der Waals surface area contributed by atoms with Gasteiger partial charge in [0.05, 0.1) is 12.1 Å². The molecule has 0 radical (unpaired) electrons. The van der Waals surface area contributed by atoms with Crippen LogP contribution in [0.25, 0.3) is 10.8 Å². The maximum atomic E-state index is 12.5. The second-order valence-corrected chi connectivity index (χ2v) is 8.35. The maximum absolute atomic E-state index is 12.5. The van der Waals surface area contributed by atoms with Gasteiger partial charge in [-0.05, 0) is 35.0 Å². The highest BCUT2D eigenvalue weighted by molar-refractivity contribution is 7.90. The molecule has 1 aliphatic rings. The molecule has 4 rings (SSSR count). The van der Waals surface area contributed by atoms with E-state index in [1.807, 2.05) is 42.5 Å². The normalized spacial score (nSPS) is 14.6. The Morgan fingerprint density at radius 1 is 0.966 bits per heavy atom. The lowest BCUT2D eigenvalue weighted by Crippen LogP contribution is -2.41. The van der Waals surface area contributed by atoms with Crippen molar-refractivity contribution < 1.29 is 22.7 Å². The first-order valence-corrected chi connectivity index (χ1v) is 10.5. The Bertz CT molecular complexity index is 1210. The molecule has 7 nitrogen and oxygen atoms in total. The number of sulfonamides is 1. The van der Waals surface area contributed by atoms with Crippen molar-refractivity contribution in [2.45, 2.75) is 4.90 Å². The molecule has 0 atom stereocenters. The minimum Gasteiger partial charge on any atom is -0.492 e. The number of nitrogens with zero attached hydrogens (tertiary/aromatic N) is 1. The summed E-state index contributed by atoms with van der Waals surface area (Å²) in [6.45, 7) is -0.169. The molecule has 1 heterocycles. The lowest BCUT2D eigenvalue weighted by molar-refractivity contribution is -0.121. The summed E-state index contributed by atoms with van der Waals surface area (Å²) in [6, 6.07) is 19.5. The SMILES string of the molecule is O=C(CN1C(=O)c2ccccc2S1(=O)=O)NCCOc1ccc2ccccc2c1. The van der Waals surface area contributed by atoms with E-state index >= 15 is 0 Å². The fourth-order valence-corrected chi connectivity index (χ4v) is 4.72. The van der Waals surface area contributed by atoms with Crippen molar-refractivity contribution in [3.8, 4) is 5.75 Å². The molecule has 0 saturated heterocycles. The van der Waals surface area contributed by atoms with E-state index < -0.39 is 28.4 Å². The Balaban J connectivity index is 1.31. The molecule has 0 unspecified atom stereocenters. The molecule has 0 aliphatic carbocycles. The number of hydrogen-bond acceptors (Lipinski definition) is 5. The molecule has 1 aliphatic heterocycles. The smallest absolute Gasteiger partial charge is 0.269 e. The summed E-state index contributed by atoms with van der Waals surface area (Å²) in [7, 11) is -3.99. The summed E-state index contributed by atoms with van der Waals surface area (Å²) in [4.78, 5) is 24.4. The molecule has 1 N–H and O–H groups in total. The molecule has 3 aromatic rings. The van der Waals surface area contributed by atoms with Gasteiger partial charge in [-0.25, -0.2) is 12.7 Å². The third kappa shape index (κ3) is 3.66. The third-order valence-electron chi connectivity index (χ3n) is 4.61. The molecular formula is C21H18N2O5S. The van der Waals surface area contributed by atoms with E-state index in [1.165, 1.54) is 18.2 Å². The summed E-state index contributed by atoms with van der Waals surface area (Å²) in [5, 5.41) is 4.73. The van der Waals surface area contributed by atoms with Gasteiger partial charge < -0.3 is 10.1 Å². The molecule has 2 amide bonds. The second-order valence-electron chi connectivity index (χ2n) is 6.52. The molecule has 8 heteroatoms. The minimum absolute atomic E-state index is 0.0718. The van der Waals surface area contributed by atoms with E-state index in [0.29, 0.717) is 10.1 Å². The highest BCUT2D eigenvalue weighted by Gasteiger charge is 2.41. The highest BCUT2D eigenvalue weighted by atomic mass is 32.2. The van der Waals surface area contributed by atoms with Gasteiger partial charge in [0.25, 0.3) is 15.9 Å². The zero-order valence-electron chi connectivity index (χ0n) is 15.4.